The minimum atomic E-state index is -1.16. The third-order valence-corrected chi connectivity index (χ3v) is 8.24. The minimum absolute atomic E-state index is 0.0283. The highest BCUT2D eigenvalue weighted by atomic mass is 19.1. The van der Waals surface area contributed by atoms with Crippen LogP contribution in [-0.4, -0.2) is 53.5 Å². The zero-order valence-electron chi connectivity index (χ0n) is 26.0. The van der Waals surface area contributed by atoms with E-state index in [1.807, 2.05) is 0 Å². The molecular weight excluding hydrogens is 540 g/mol. The molecule has 1 aliphatic carbocycles. The number of nitrogens with zero attached hydrogens (tertiary/aromatic N) is 1. The summed E-state index contributed by atoms with van der Waals surface area (Å²) in [5.41, 5.74) is 1.63. The van der Waals surface area contributed by atoms with E-state index in [2.05, 4.69) is 55.7 Å². The molecule has 2 aromatic rings. The lowest BCUT2D eigenvalue weighted by Crippen LogP contribution is -2.54. The molecule has 0 saturated heterocycles. The molecule has 0 bridgehead atoms. The van der Waals surface area contributed by atoms with Gasteiger partial charge in [0.15, 0.2) is 0 Å². The van der Waals surface area contributed by atoms with Gasteiger partial charge in [0.05, 0.1) is 12.1 Å². The van der Waals surface area contributed by atoms with Crippen molar-refractivity contribution in [1.29, 1.82) is 0 Å². The third-order valence-electron chi connectivity index (χ3n) is 8.24. The molecule has 0 heterocycles. The first-order chi connectivity index (χ1) is 19.5. The predicted molar refractivity (Wildman–Crippen MR) is 160 cm³/mol. The van der Waals surface area contributed by atoms with Gasteiger partial charge in [-0.05, 0) is 74.3 Å². The summed E-state index contributed by atoms with van der Waals surface area (Å²) in [7, 11) is 1.51. The van der Waals surface area contributed by atoms with E-state index in [0.717, 1.165) is 55.9 Å². The molecular formula is C33H47F2N3O4. The number of carbonyl (C=O) groups excluding carboxylic acids is 2. The van der Waals surface area contributed by atoms with Gasteiger partial charge in [0.1, 0.15) is 11.6 Å². The second kappa shape index (κ2) is 13.5. The lowest BCUT2D eigenvalue weighted by molar-refractivity contribution is 0.0817. The number of aliphatic hydroxyl groups excluding tert-OH is 1. The van der Waals surface area contributed by atoms with Gasteiger partial charge < -0.3 is 25.4 Å². The smallest absolute Gasteiger partial charge is 0.390 e. The summed E-state index contributed by atoms with van der Waals surface area (Å²) < 4.78 is 33.0. The van der Waals surface area contributed by atoms with Crippen LogP contribution in [0.1, 0.15) is 90.3 Å². The van der Waals surface area contributed by atoms with E-state index in [1.54, 1.807) is 20.8 Å². The normalized spacial score (nSPS) is 16.8. The quantitative estimate of drug-likeness (QED) is 0.305. The summed E-state index contributed by atoms with van der Waals surface area (Å²) in [6.45, 7) is 12.0. The van der Waals surface area contributed by atoms with Crippen molar-refractivity contribution in [1.82, 2.24) is 15.5 Å². The number of rotatable bonds is 8. The standard InChI is InChI=1S/C33H47F2N3O4/c1-31(2,3)23-12-11-13-24(19-23)33(14-9-8-10-15-33)36-21-28(39)27(18-22-16-25(34)20-26(35)17-22)37-29(40)42-30(41)38(7)32(4,5)6/h11-13,16-17,19-20,27-28,36,39H,8-10,14-15,18,21H2,1-7H3,(H,37,40). The van der Waals surface area contributed by atoms with Crippen LogP contribution in [0.4, 0.5) is 18.4 Å². The summed E-state index contributed by atoms with van der Waals surface area (Å²) in [5.74, 6) is -1.53. The monoisotopic (exact) mass is 587 g/mol. The molecule has 3 rings (SSSR count). The van der Waals surface area contributed by atoms with Crippen LogP contribution in [0.5, 0.6) is 0 Å². The van der Waals surface area contributed by atoms with Crippen molar-refractivity contribution in [2.24, 2.45) is 0 Å². The molecule has 1 saturated carbocycles. The summed E-state index contributed by atoms with van der Waals surface area (Å²) in [6, 6.07) is 10.6. The Kier molecular flexibility index (Phi) is 10.8. The lowest BCUT2D eigenvalue weighted by Gasteiger charge is -2.41. The third kappa shape index (κ3) is 8.98. The Balaban J connectivity index is 1.83. The van der Waals surface area contributed by atoms with Gasteiger partial charge in [-0.3, -0.25) is 0 Å². The average Bonchev–Trinajstić information content (AvgIpc) is 2.90. The number of alkyl carbamates (subject to hydrolysis) is 1. The average molecular weight is 588 g/mol. The highest BCUT2D eigenvalue weighted by Gasteiger charge is 2.36. The summed E-state index contributed by atoms with van der Waals surface area (Å²) in [6.07, 6.45) is 1.80. The number of nitrogens with one attached hydrogen (secondary N) is 2. The molecule has 0 aliphatic heterocycles. The zero-order chi connectivity index (χ0) is 31.3. The van der Waals surface area contributed by atoms with E-state index in [9.17, 15) is 23.5 Å². The maximum atomic E-state index is 14.0. The minimum Gasteiger partial charge on any atom is -0.390 e. The van der Waals surface area contributed by atoms with Gasteiger partial charge in [0.25, 0.3) is 0 Å². The highest BCUT2D eigenvalue weighted by Crippen LogP contribution is 2.38. The SMILES string of the molecule is CN(C(=O)OC(=O)NC(Cc1cc(F)cc(F)c1)C(O)CNC1(c2cccc(C(C)(C)C)c2)CCCCC1)C(C)(C)C. The van der Waals surface area contributed by atoms with E-state index in [0.29, 0.717) is 0 Å². The molecule has 2 amide bonds. The van der Waals surface area contributed by atoms with Gasteiger partial charge in [-0.1, -0.05) is 64.3 Å². The molecule has 1 fully saturated rings. The van der Waals surface area contributed by atoms with Crippen LogP contribution in [-0.2, 0) is 22.1 Å². The Morgan fingerprint density at radius 2 is 1.62 bits per heavy atom. The van der Waals surface area contributed by atoms with Crippen LogP contribution in [0.3, 0.4) is 0 Å². The zero-order valence-corrected chi connectivity index (χ0v) is 26.0. The maximum absolute atomic E-state index is 14.0. The van der Waals surface area contributed by atoms with Crippen molar-refractivity contribution in [2.45, 2.75) is 109 Å². The summed E-state index contributed by atoms with van der Waals surface area (Å²) in [4.78, 5) is 26.6. The Labute approximate surface area is 249 Å². The van der Waals surface area contributed by atoms with E-state index in [-0.39, 0.29) is 29.5 Å². The van der Waals surface area contributed by atoms with Crippen molar-refractivity contribution >= 4 is 12.2 Å². The van der Waals surface area contributed by atoms with Gasteiger partial charge in [-0.25, -0.2) is 18.4 Å². The first-order valence-corrected chi connectivity index (χ1v) is 14.8. The fourth-order valence-corrected chi connectivity index (χ4v) is 5.32. The number of aliphatic hydroxyl groups is 1. The molecule has 0 radical (unpaired) electrons. The number of benzene rings is 2. The number of amides is 2. The molecule has 0 spiro atoms. The van der Waals surface area contributed by atoms with Crippen LogP contribution >= 0.6 is 0 Å². The van der Waals surface area contributed by atoms with Crippen LogP contribution in [0.2, 0.25) is 0 Å². The van der Waals surface area contributed by atoms with Crippen LogP contribution in [0, 0.1) is 11.6 Å². The first-order valence-electron chi connectivity index (χ1n) is 14.8. The topological polar surface area (TPSA) is 90.9 Å². The van der Waals surface area contributed by atoms with Crippen LogP contribution < -0.4 is 10.6 Å². The van der Waals surface area contributed by atoms with E-state index in [1.165, 1.54) is 17.5 Å². The fraction of sp³-hybridized carbons (Fsp3) is 0.576. The Morgan fingerprint density at radius 3 is 2.19 bits per heavy atom. The second-order valence-electron chi connectivity index (χ2n) is 13.5. The van der Waals surface area contributed by atoms with Crippen molar-refractivity contribution in [3.8, 4) is 0 Å². The highest BCUT2D eigenvalue weighted by molar-refractivity contribution is 5.84. The van der Waals surface area contributed by atoms with Crippen molar-refractivity contribution in [3.63, 3.8) is 0 Å². The Hall–Kier alpha value is -3.04. The molecule has 7 nitrogen and oxygen atoms in total. The number of hydrogen-bond acceptors (Lipinski definition) is 5. The molecule has 2 atom stereocenters. The maximum Gasteiger partial charge on any atom is 0.418 e. The van der Waals surface area contributed by atoms with E-state index in [4.69, 9.17) is 4.74 Å². The van der Waals surface area contributed by atoms with Gasteiger partial charge in [-0.15, -0.1) is 0 Å². The fourth-order valence-electron chi connectivity index (χ4n) is 5.32. The number of halogens is 2. The molecule has 2 unspecified atom stereocenters. The van der Waals surface area contributed by atoms with E-state index >= 15 is 0 Å². The molecule has 9 heteroatoms. The lowest BCUT2D eigenvalue weighted by atomic mass is 9.74. The number of hydrogen-bond donors (Lipinski definition) is 3. The van der Waals surface area contributed by atoms with Crippen molar-refractivity contribution in [2.75, 3.05) is 13.6 Å². The number of ether oxygens (including phenoxy) is 1. The van der Waals surface area contributed by atoms with E-state index < -0.39 is 41.5 Å². The Morgan fingerprint density at radius 1 is 1.00 bits per heavy atom. The summed E-state index contributed by atoms with van der Waals surface area (Å²) >= 11 is 0. The van der Waals surface area contributed by atoms with Crippen molar-refractivity contribution < 1.29 is 28.2 Å². The first kappa shape index (κ1) is 33.5. The van der Waals surface area contributed by atoms with Gasteiger partial charge in [-0.2, -0.15) is 0 Å². The second-order valence-corrected chi connectivity index (χ2v) is 13.5. The molecule has 42 heavy (non-hydrogen) atoms. The largest absolute Gasteiger partial charge is 0.418 e. The molecule has 232 valence electrons. The van der Waals surface area contributed by atoms with Crippen LogP contribution in [0.25, 0.3) is 0 Å². The molecule has 3 N–H and O–H groups in total. The predicted octanol–water partition coefficient (Wildman–Crippen LogP) is 6.56. The van der Waals surface area contributed by atoms with Gasteiger partial charge >= 0.3 is 12.2 Å². The van der Waals surface area contributed by atoms with Gasteiger partial charge in [0, 0.05) is 30.7 Å². The Bertz CT molecular complexity index is 1210. The van der Waals surface area contributed by atoms with Crippen LogP contribution in [0.15, 0.2) is 42.5 Å². The molecule has 2 aromatic carbocycles. The summed E-state index contributed by atoms with van der Waals surface area (Å²) in [5, 5.41) is 17.6. The van der Waals surface area contributed by atoms with Crippen molar-refractivity contribution in [3.05, 3.63) is 70.8 Å². The molecule has 1 aliphatic rings. The van der Waals surface area contributed by atoms with Gasteiger partial charge in [0.2, 0.25) is 0 Å². The number of carbonyl (C=O) groups is 2. The molecule has 0 aromatic heterocycles.